The zero-order chi connectivity index (χ0) is 14.9. The van der Waals surface area contributed by atoms with Crippen LogP contribution < -0.4 is 5.32 Å². The molecule has 0 radical (unpaired) electrons. The number of rotatable bonds is 2. The molecule has 1 aromatic heterocycles. The molecule has 1 aromatic carbocycles. The Morgan fingerprint density at radius 2 is 2.10 bits per heavy atom. The van der Waals surface area contributed by atoms with E-state index in [1.165, 1.54) is 12.1 Å². The molecular weight excluding hydrogens is 298 g/mol. The van der Waals surface area contributed by atoms with Crippen LogP contribution in [0.3, 0.4) is 0 Å². The van der Waals surface area contributed by atoms with Crippen LogP contribution in [-0.2, 0) is 5.41 Å². The molecule has 0 bridgehead atoms. The van der Waals surface area contributed by atoms with E-state index in [2.05, 4.69) is 14.9 Å². The van der Waals surface area contributed by atoms with E-state index in [0.717, 1.165) is 11.5 Å². The van der Waals surface area contributed by atoms with Crippen molar-refractivity contribution in [3.63, 3.8) is 0 Å². The van der Waals surface area contributed by atoms with Gasteiger partial charge in [0.2, 0.25) is 0 Å². The molecule has 0 aliphatic rings. The van der Waals surface area contributed by atoms with Gasteiger partial charge in [-0.1, -0.05) is 36.9 Å². The van der Waals surface area contributed by atoms with Crippen molar-refractivity contribution in [3.05, 3.63) is 33.8 Å². The maximum absolute atomic E-state index is 12.2. The number of amides is 1. The molecule has 106 valence electrons. The highest BCUT2D eigenvalue weighted by atomic mass is 35.5. The Morgan fingerprint density at radius 3 is 2.70 bits per heavy atom. The van der Waals surface area contributed by atoms with Crippen molar-refractivity contribution in [2.75, 3.05) is 5.32 Å². The molecule has 0 fully saturated rings. The molecule has 1 amide bonds. The summed E-state index contributed by atoms with van der Waals surface area (Å²) in [7, 11) is 0. The molecule has 0 saturated carbocycles. The second-order valence-electron chi connectivity index (χ2n) is 5.32. The summed E-state index contributed by atoms with van der Waals surface area (Å²) in [6.07, 6.45) is 0. The Balaban J connectivity index is 2.25. The minimum Gasteiger partial charge on any atom is -0.506 e. The second kappa shape index (κ2) is 5.38. The number of carbonyl (C=O) groups is 1. The van der Waals surface area contributed by atoms with E-state index in [1.807, 2.05) is 20.8 Å². The van der Waals surface area contributed by atoms with Crippen LogP contribution in [-0.4, -0.2) is 20.6 Å². The van der Waals surface area contributed by atoms with Crippen molar-refractivity contribution in [3.8, 4) is 5.75 Å². The van der Waals surface area contributed by atoms with E-state index in [1.54, 1.807) is 6.07 Å². The molecule has 2 rings (SSSR count). The predicted octanol–water partition coefficient (Wildman–Crippen LogP) is 3.45. The number of benzene rings is 1. The average Bonchev–Trinajstić information content (AvgIpc) is 2.83. The van der Waals surface area contributed by atoms with Crippen LogP contribution in [0.15, 0.2) is 18.2 Å². The standard InChI is InChI=1S/C13H14ClN3O2S/c1-13(2,3)11-10(20-17-16-11)12(19)15-7-4-5-8(14)9(18)6-7/h4-6,18H,1-3H3,(H,15,19). The summed E-state index contributed by atoms with van der Waals surface area (Å²) in [5.74, 6) is -0.380. The molecular formula is C13H14ClN3O2S. The minimum absolute atomic E-state index is 0.0806. The van der Waals surface area contributed by atoms with Crippen LogP contribution in [0.25, 0.3) is 0 Å². The third-order valence-corrected chi connectivity index (χ3v) is 3.65. The van der Waals surface area contributed by atoms with Crippen LogP contribution in [0.1, 0.15) is 36.1 Å². The lowest BCUT2D eigenvalue weighted by Gasteiger charge is -2.16. The molecule has 0 unspecified atom stereocenters. The minimum atomic E-state index is -0.299. The first kappa shape index (κ1) is 14.7. The smallest absolute Gasteiger partial charge is 0.269 e. The molecule has 1 heterocycles. The summed E-state index contributed by atoms with van der Waals surface area (Å²) >= 11 is 6.77. The number of carbonyl (C=O) groups excluding carboxylic acids is 1. The molecule has 0 saturated heterocycles. The van der Waals surface area contributed by atoms with Gasteiger partial charge in [0, 0.05) is 17.2 Å². The first-order valence-corrected chi connectivity index (χ1v) is 7.07. The summed E-state index contributed by atoms with van der Waals surface area (Å²) in [4.78, 5) is 12.7. The van der Waals surface area contributed by atoms with Gasteiger partial charge in [-0.2, -0.15) is 0 Å². The maximum Gasteiger partial charge on any atom is 0.269 e. The number of anilines is 1. The molecule has 2 aromatic rings. The SMILES string of the molecule is CC(C)(C)c1nnsc1C(=O)Nc1ccc(Cl)c(O)c1. The molecule has 5 nitrogen and oxygen atoms in total. The Kier molecular flexibility index (Phi) is 3.96. The van der Waals surface area contributed by atoms with Crippen LogP contribution in [0.4, 0.5) is 5.69 Å². The van der Waals surface area contributed by atoms with Crippen molar-refractivity contribution < 1.29 is 9.90 Å². The van der Waals surface area contributed by atoms with Gasteiger partial charge in [-0.25, -0.2) is 0 Å². The highest BCUT2D eigenvalue weighted by Gasteiger charge is 2.26. The summed E-state index contributed by atoms with van der Waals surface area (Å²) < 4.78 is 3.84. The third-order valence-electron chi connectivity index (χ3n) is 2.61. The highest BCUT2D eigenvalue weighted by Crippen LogP contribution is 2.29. The molecule has 0 aliphatic heterocycles. The number of hydrogen-bond donors (Lipinski definition) is 2. The van der Waals surface area contributed by atoms with Crippen molar-refractivity contribution in [1.82, 2.24) is 9.59 Å². The zero-order valence-electron chi connectivity index (χ0n) is 11.3. The summed E-state index contributed by atoms with van der Waals surface area (Å²) in [6, 6.07) is 4.53. The van der Waals surface area contributed by atoms with Gasteiger partial charge in [0.1, 0.15) is 10.6 Å². The lowest BCUT2D eigenvalue weighted by Crippen LogP contribution is -2.19. The van der Waals surface area contributed by atoms with E-state index < -0.39 is 0 Å². The van der Waals surface area contributed by atoms with Gasteiger partial charge in [0.05, 0.1) is 10.7 Å². The number of phenolic OH excluding ortho intramolecular Hbond substituents is 1. The van der Waals surface area contributed by atoms with Crippen LogP contribution in [0.2, 0.25) is 5.02 Å². The summed E-state index contributed by atoms with van der Waals surface area (Å²) in [6.45, 7) is 5.90. The van der Waals surface area contributed by atoms with Crippen molar-refractivity contribution in [2.24, 2.45) is 0 Å². The Hall–Kier alpha value is -1.66. The normalized spacial score (nSPS) is 11.4. The highest BCUT2D eigenvalue weighted by molar-refractivity contribution is 7.08. The number of aromatic nitrogens is 2. The molecule has 0 atom stereocenters. The fraction of sp³-hybridized carbons (Fsp3) is 0.308. The van der Waals surface area contributed by atoms with Gasteiger partial charge in [0.15, 0.2) is 0 Å². The summed E-state index contributed by atoms with van der Waals surface area (Å²) in [5, 5.41) is 16.5. The van der Waals surface area contributed by atoms with Crippen molar-refractivity contribution in [1.29, 1.82) is 0 Å². The van der Waals surface area contributed by atoms with Crippen molar-refractivity contribution in [2.45, 2.75) is 26.2 Å². The molecule has 20 heavy (non-hydrogen) atoms. The lowest BCUT2D eigenvalue weighted by atomic mass is 9.91. The van der Waals surface area contributed by atoms with E-state index in [-0.39, 0.29) is 22.1 Å². The van der Waals surface area contributed by atoms with Gasteiger partial charge < -0.3 is 10.4 Å². The van der Waals surface area contributed by atoms with Gasteiger partial charge in [-0.15, -0.1) is 5.10 Å². The number of nitrogens with one attached hydrogen (secondary N) is 1. The number of aromatic hydroxyl groups is 1. The maximum atomic E-state index is 12.2. The van der Waals surface area contributed by atoms with Crippen LogP contribution >= 0.6 is 23.1 Å². The quantitative estimate of drug-likeness (QED) is 0.890. The van der Waals surface area contributed by atoms with E-state index in [4.69, 9.17) is 11.6 Å². The average molecular weight is 312 g/mol. The Bertz CT molecular complexity index is 649. The molecule has 0 spiro atoms. The fourth-order valence-corrected chi connectivity index (χ4v) is 2.50. The topological polar surface area (TPSA) is 75.1 Å². The Labute approximate surface area is 125 Å². The molecule has 7 heteroatoms. The first-order chi connectivity index (χ1) is 9.29. The van der Waals surface area contributed by atoms with Gasteiger partial charge in [-0.3, -0.25) is 4.79 Å². The second-order valence-corrected chi connectivity index (χ2v) is 6.48. The monoisotopic (exact) mass is 311 g/mol. The largest absolute Gasteiger partial charge is 0.506 e. The van der Waals surface area contributed by atoms with Gasteiger partial charge in [-0.05, 0) is 23.7 Å². The van der Waals surface area contributed by atoms with Crippen molar-refractivity contribution >= 4 is 34.7 Å². The van der Waals surface area contributed by atoms with E-state index in [0.29, 0.717) is 16.3 Å². The predicted molar refractivity (Wildman–Crippen MR) is 79.7 cm³/mol. The number of nitrogens with zero attached hydrogens (tertiary/aromatic N) is 2. The van der Waals surface area contributed by atoms with E-state index >= 15 is 0 Å². The Morgan fingerprint density at radius 1 is 1.40 bits per heavy atom. The molecule has 2 N–H and O–H groups in total. The van der Waals surface area contributed by atoms with Crippen LogP contribution in [0, 0.1) is 0 Å². The number of hydrogen-bond acceptors (Lipinski definition) is 5. The molecule has 0 aliphatic carbocycles. The number of phenols is 1. The third kappa shape index (κ3) is 3.08. The fourth-order valence-electron chi connectivity index (χ4n) is 1.61. The zero-order valence-corrected chi connectivity index (χ0v) is 12.8. The first-order valence-electron chi connectivity index (χ1n) is 5.92. The van der Waals surface area contributed by atoms with Gasteiger partial charge in [0.25, 0.3) is 5.91 Å². The van der Waals surface area contributed by atoms with Crippen LogP contribution in [0.5, 0.6) is 5.75 Å². The van der Waals surface area contributed by atoms with Gasteiger partial charge >= 0.3 is 0 Å². The van der Waals surface area contributed by atoms with E-state index in [9.17, 15) is 9.90 Å². The number of halogens is 1. The summed E-state index contributed by atoms with van der Waals surface area (Å²) in [5.41, 5.74) is 0.852. The lowest BCUT2D eigenvalue weighted by molar-refractivity contribution is 0.102.